The molecule has 142 valence electrons. The number of ketones is 2. The molecular formula is C21H28O5. The SMILES string of the molecule is CC(=O)[C@@]1(O)CC[C@H]2[C@@H]3[C@H](O)C(=O)C4=C[C@@H](O)C=C[C@]4(C)[C@H]3CC[C@@]21C. The molecule has 0 spiro atoms. The third kappa shape index (κ3) is 1.97. The molecule has 5 heteroatoms. The van der Waals surface area contributed by atoms with Crippen LogP contribution in [0.25, 0.3) is 0 Å². The Morgan fingerprint density at radius 3 is 2.46 bits per heavy atom. The first kappa shape index (κ1) is 18.1. The van der Waals surface area contributed by atoms with Gasteiger partial charge >= 0.3 is 0 Å². The molecule has 0 heterocycles. The summed E-state index contributed by atoms with van der Waals surface area (Å²) < 4.78 is 0. The Hall–Kier alpha value is -1.30. The fraction of sp³-hybridized carbons (Fsp3) is 0.714. The Kier molecular flexibility index (Phi) is 3.73. The van der Waals surface area contributed by atoms with Crippen molar-refractivity contribution in [1.82, 2.24) is 0 Å². The smallest absolute Gasteiger partial charge is 0.188 e. The largest absolute Gasteiger partial charge is 0.385 e. The third-order valence-electron chi connectivity index (χ3n) is 8.29. The number of aliphatic hydroxyl groups is 3. The minimum atomic E-state index is -1.37. The molecule has 0 aromatic rings. The lowest BCUT2D eigenvalue weighted by atomic mass is 9.46. The fourth-order valence-electron chi connectivity index (χ4n) is 6.73. The summed E-state index contributed by atoms with van der Waals surface area (Å²) in [5, 5.41) is 32.0. The first-order valence-electron chi connectivity index (χ1n) is 9.62. The zero-order valence-electron chi connectivity index (χ0n) is 15.6. The van der Waals surface area contributed by atoms with Gasteiger partial charge in [-0.3, -0.25) is 9.59 Å². The van der Waals surface area contributed by atoms with Gasteiger partial charge in [0.1, 0.15) is 11.7 Å². The predicted molar refractivity (Wildman–Crippen MR) is 95.0 cm³/mol. The minimum Gasteiger partial charge on any atom is -0.385 e. The molecule has 3 fully saturated rings. The van der Waals surface area contributed by atoms with Gasteiger partial charge in [0.15, 0.2) is 11.6 Å². The predicted octanol–water partition coefficient (Wildman–Crippen LogP) is 1.56. The molecule has 0 unspecified atom stereocenters. The normalized spacial score (nSPS) is 52.8. The van der Waals surface area contributed by atoms with Crippen molar-refractivity contribution < 1.29 is 24.9 Å². The van der Waals surface area contributed by atoms with Crippen molar-refractivity contribution in [1.29, 1.82) is 0 Å². The van der Waals surface area contributed by atoms with Crippen molar-refractivity contribution in [3.63, 3.8) is 0 Å². The van der Waals surface area contributed by atoms with Crippen LogP contribution in [0.2, 0.25) is 0 Å². The van der Waals surface area contributed by atoms with E-state index in [4.69, 9.17) is 0 Å². The number of hydrogen-bond donors (Lipinski definition) is 3. The molecule has 0 aromatic carbocycles. The first-order chi connectivity index (χ1) is 12.1. The molecule has 3 saturated carbocycles. The van der Waals surface area contributed by atoms with Crippen LogP contribution in [0.5, 0.6) is 0 Å². The van der Waals surface area contributed by atoms with E-state index in [1.54, 1.807) is 12.2 Å². The maximum absolute atomic E-state index is 13.0. The molecule has 4 aliphatic carbocycles. The Morgan fingerprint density at radius 2 is 1.81 bits per heavy atom. The lowest BCUT2D eigenvalue weighted by Gasteiger charge is -2.58. The lowest BCUT2D eigenvalue weighted by Crippen LogP contribution is -2.61. The van der Waals surface area contributed by atoms with E-state index < -0.39 is 28.6 Å². The van der Waals surface area contributed by atoms with Crippen LogP contribution in [-0.4, -0.2) is 44.7 Å². The van der Waals surface area contributed by atoms with E-state index in [0.29, 0.717) is 24.8 Å². The van der Waals surface area contributed by atoms with Crippen LogP contribution in [0.3, 0.4) is 0 Å². The molecule has 0 aromatic heterocycles. The summed E-state index contributed by atoms with van der Waals surface area (Å²) in [5.41, 5.74) is -2.00. The Morgan fingerprint density at radius 1 is 1.15 bits per heavy atom. The molecule has 0 aliphatic heterocycles. The van der Waals surface area contributed by atoms with Gasteiger partial charge in [-0.05, 0) is 56.4 Å². The fourth-order valence-corrected chi connectivity index (χ4v) is 6.73. The summed E-state index contributed by atoms with van der Waals surface area (Å²) in [5.74, 6) is -0.841. The number of allylic oxidation sites excluding steroid dienone is 1. The molecule has 0 saturated heterocycles. The molecule has 8 atom stereocenters. The Balaban J connectivity index is 1.80. The zero-order chi connectivity index (χ0) is 19.1. The van der Waals surface area contributed by atoms with Crippen molar-refractivity contribution in [2.24, 2.45) is 28.6 Å². The molecule has 5 nitrogen and oxygen atoms in total. The number of aliphatic hydroxyl groups excluding tert-OH is 2. The van der Waals surface area contributed by atoms with Gasteiger partial charge in [-0.25, -0.2) is 0 Å². The summed E-state index contributed by atoms with van der Waals surface area (Å²) in [6.07, 6.45) is 5.70. The van der Waals surface area contributed by atoms with E-state index in [1.807, 2.05) is 19.9 Å². The Bertz CT molecular complexity index is 739. The lowest BCUT2D eigenvalue weighted by molar-refractivity contribution is -0.169. The molecule has 0 radical (unpaired) electrons. The molecule has 4 aliphatic rings. The van der Waals surface area contributed by atoms with E-state index in [2.05, 4.69) is 0 Å². The first-order valence-corrected chi connectivity index (χ1v) is 9.62. The van der Waals surface area contributed by atoms with Crippen molar-refractivity contribution >= 4 is 11.6 Å². The zero-order valence-corrected chi connectivity index (χ0v) is 15.6. The molecular weight excluding hydrogens is 332 g/mol. The standard InChI is InChI=1S/C21H28O5/c1-11(22)21(26)9-6-14-16-13(5-8-20(14,21)3)19(2)7-4-12(23)10-15(19)17(24)18(16)25/h4,7,10,12-14,16,18,23,25-26H,5-6,8-9H2,1-3H3/t12-,13-,14-,16+,18-,19+,20-,21-/m0/s1. The number of fused-ring (bicyclic) bond motifs is 5. The van der Waals surface area contributed by atoms with E-state index in [1.165, 1.54) is 6.92 Å². The van der Waals surface area contributed by atoms with Gasteiger partial charge in [-0.2, -0.15) is 0 Å². The second-order valence-corrected chi connectivity index (χ2v) is 9.22. The van der Waals surface area contributed by atoms with Crippen LogP contribution in [0.1, 0.15) is 46.5 Å². The minimum absolute atomic E-state index is 0.0533. The highest BCUT2D eigenvalue weighted by molar-refractivity contribution is 6.02. The highest BCUT2D eigenvalue weighted by atomic mass is 16.3. The van der Waals surface area contributed by atoms with Crippen LogP contribution in [0.15, 0.2) is 23.8 Å². The summed E-state index contributed by atoms with van der Waals surface area (Å²) >= 11 is 0. The third-order valence-corrected chi connectivity index (χ3v) is 8.29. The van der Waals surface area contributed by atoms with Gasteiger partial charge in [0, 0.05) is 16.4 Å². The van der Waals surface area contributed by atoms with Gasteiger partial charge in [0.2, 0.25) is 0 Å². The van der Waals surface area contributed by atoms with E-state index in [0.717, 1.165) is 6.42 Å². The number of carbonyl (C=O) groups excluding carboxylic acids is 2. The van der Waals surface area contributed by atoms with Gasteiger partial charge < -0.3 is 15.3 Å². The maximum Gasteiger partial charge on any atom is 0.188 e. The number of carbonyl (C=O) groups is 2. The average Bonchev–Trinajstić information content (AvgIpc) is 2.87. The molecule has 3 N–H and O–H groups in total. The number of rotatable bonds is 1. The van der Waals surface area contributed by atoms with Gasteiger partial charge in [0.05, 0.1) is 6.10 Å². The second-order valence-electron chi connectivity index (χ2n) is 9.22. The van der Waals surface area contributed by atoms with Crippen LogP contribution < -0.4 is 0 Å². The monoisotopic (exact) mass is 360 g/mol. The van der Waals surface area contributed by atoms with Crippen LogP contribution in [0, 0.1) is 28.6 Å². The van der Waals surface area contributed by atoms with Crippen molar-refractivity contribution in [3.8, 4) is 0 Å². The summed E-state index contributed by atoms with van der Waals surface area (Å²) in [6.45, 7) is 5.40. The average molecular weight is 360 g/mol. The molecule has 0 bridgehead atoms. The van der Waals surface area contributed by atoms with E-state index >= 15 is 0 Å². The highest BCUT2D eigenvalue weighted by Crippen LogP contribution is 2.66. The second kappa shape index (κ2) is 5.37. The number of Topliss-reactive ketones (excluding diaryl/α,β-unsaturated/α-hetero) is 2. The molecule has 4 rings (SSSR count). The summed E-state index contributed by atoms with van der Waals surface area (Å²) in [7, 11) is 0. The topological polar surface area (TPSA) is 94.8 Å². The van der Waals surface area contributed by atoms with Gasteiger partial charge in [-0.15, -0.1) is 0 Å². The maximum atomic E-state index is 13.0. The molecule has 26 heavy (non-hydrogen) atoms. The molecule has 0 amide bonds. The van der Waals surface area contributed by atoms with E-state index in [-0.39, 0.29) is 29.3 Å². The Labute approximate surface area is 153 Å². The van der Waals surface area contributed by atoms with Crippen LogP contribution >= 0.6 is 0 Å². The van der Waals surface area contributed by atoms with Gasteiger partial charge in [-0.1, -0.05) is 26.0 Å². The quantitative estimate of drug-likeness (QED) is 0.617. The summed E-state index contributed by atoms with van der Waals surface area (Å²) in [4.78, 5) is 25.2. The highest BCUT2D eigenvalue weighted by Gasteiger charge is 2.68. The summed E-state index contributed by atoms with van der Waals surface area (Å²) in [6, 6.07) is 0. The van der Waals surface area contributed by atoms with Crippen molar-refractivity contribution in [2.45, 2.75) is 64.3 Å². The van der Waals surface area contributed by atoms with Crippen molar-refractivity contribution in [3.05, 3.63) is 23.8 Å². The van der Waals surface area contributed by atoms with E-state index in [9.17, 15) is 24.9 Å². The van der Waals surface area contributed by atoms with Crippen LogP contribution in [0.4, 0.5) is 0 Å². The van der Waals surface area contributed by atoms with Crippen molar-refractivity contribution in [2.75, 3.05) is 0 Å². The number of hydrogen-bond acceptors (Lipinski definition) is 5. The van der Waals surface area contributed by atoms with Gasteiger partial charge in [0.25, 0.3) is 0 Å². The van der Waals surface area contributed by atoms with Crippen LogP contribution in [-0.2, 0) is 9.59 Å².